The second kappa shape index (κ2) is 4.63. The van der Waals surface area contributed by atoms with Crippen LogP contribution < -0.4 is 11.1 Å². The van der Waals surface area contributed by atoms with Gasteiger partial charge in [0, 0.05) is 17.7 Å². The highest BCUT2D eigenvalue weighted by atomic mass is 19.4. The van der Waals surface area contributed by atoms with Crippen molar-refractivity contribution >= 4 is 17.5 Å². The van der Waals surface area contributed by atoms with E-state index < -0.39 is 17.9 Å². The number of halogens is 3. The second-order valence-electron chi connectivity index (χ2n) is 4.15. The molecule has 20 heavy (non-hydrogen) atoms. The molecular formula is C13H11F3N2O2. The predicted molar refractivity (Wildman–Crippen MR) is 66.8 cm³/mol. The third-order valence-electron chi connectivity index (χ3n) is 2.75. The van der Waals surface area contributed by atoms with E-state index in [0.717, 1.165) is 6.07 Å². The molecule has 0 aliphatic carbocycles. The van der Waals surface area contributed by atoms with Gasteiger partial charge in [-0.1, -0.05) is 12.8 Å². The molecule has 3 N–H and O–H groups in total. The Hall–Kier alpha value is -2.36. The Morgan fingerprint density at radius 1 is 1.45 bits per heavy atom. The fourth-order valence-electron chi connectivity index (χ4n) is 1.88. The summed E-state index contributed by atoms with van der Waals surface area (Å²) in [6.07, 6.45) is -5.89. The predicted octanol–water partition coefficient (Wildman–Crippen LogP) is 3.00. The van der Waals surface area contributed by atoms with Gasteiger partial charge in [-0.15, -0.1) is 0 Å². The minimum Gasteiger partial charge on any atom is -0.415 e. The molecule has 1 aromatic carbocycles. The maximum atomic E-state index is 13.5. The maximum absolute atomic E-state index is 13.5. The zero-order valence-corrected chi connectivity index (χ0v) is 10.5. The first kappa shape index (κ1) is 14.1. The number of nitrogens with one attached hydrogen (secondary N) is 1. The zero-order valence-electron chi connectivity index (χ0n) is 10.5. The van der Waals surface area contributed by atoms with Crippen molar-refractivity contribution in [3.05, 3.63) is 23.8 Å². The van der Waals surface area contributed by atoms with Crippen molar-refractivity contribution in [2.45, 2.75) is 25.1 Å². The quantitative estimate of drug-likeness (QED) is 0.568. The van der Waals surface area contributed by atoms with Gasteiger partial charge >= 0.3 is 12.3 Å². The van der Waals surface area contributed by atoms with E-state index in [-0.39, 0.29) is 23.4 Å². The fourth-order valence-corrected chi connectivity index (χ4v) is 1.88. The molecule has 1 aromatic rings. The summed E-state index contributed by atoms with van der Waals surface area (Å²) in [5.41, 5.74) is 2.33. The lowest BCUT2D eigenvalue weighted by atomic mass is 9.90. The first-order chi connectivity index (χ1) is 9.30. The number of nitrogen functional groups attached to an aromatic ring is 1. The Bertz CT molecular complexity index is 616. The number of benzene rings is 1. The van der Waals surface area contributed by atoms with Crippen LogP contribution in [0, 0.1) is 11.8 Å². The number of hydrogen-bond donors (Lipinski definition) is 2. The second-order valence-corrected chi connectivity index (χ2v) is 4.15. The Morgan fingerprint density at radius 2 is 2.15 bits per heavy atom. The number of cyclic esters (lactones) is 1. The number of ether oxygens (including phenoxy) is 1. The molecule has 1 atom stereocenters. The molecule has 1 amide bonds. The molecule has 0 radical (unpaired) electrons. The van der Waals surface area contributed by atoms with Crippen molar-refractivity contribution in [1.82, 2.24) is 0 Å². The summed E-state index contributed by atoms with van der Waals surface area (Å²) in [5.74, 6) is 4.36. The van der Waals surface area contributed by atoms with Crippen LogP contribution in [0.1, 0.15) is 18.9 Å². The monoisotopic (exact) mass is 284 g/mol. The molecule has 0 saturated carbocycles. The summed E-state index contributed by atoms with van der Waals surface area (Å²) in [4.78, 5) is 11.4. The molecule has 0 bridgehead atoms. The highest BCUT2D eigenvalue weighted by molar-refractivity contribution is 5.90. The van der Waals surface area contributed by atoms with Crippen molar-refractivity contribution in [3.8, 4) is 11.8 Å². The SMILES string of the molecule is CCC#C[C@]1(C(F)(F)F)OC(=O)Nc2ccc(N)cc21. The largest absolute Gasteiger partial charge is 0.445 e. The van der Waals surface area contributed by atoms with Crippen LogP contribution in [0.15, 0.2) is 18.2 Å². The van der Waals surface area contributed by atoms with Crippen LogP contribution in [0.5, 0.6) is 0 Å². The molecule has 106 valence electrons. The Labute approximate surface area is 113 Å². The van der Waals surface area contributed by atoms with Gasteiger partial charge in [-0.2, -0.15) is 13.2 Å². The number of nitrogens with two attached hydrogens (primary N) is 1. The van der Waals surface area contributed by atoms with Crippen molar-refractivity contribution < 1.29 is 22.7 Å². The summed E-state index contributed by atoms with van der Waals surface area (Å²) in [7, 11) is 0. The first-order valence-electron chi connectivity index (χ1n) is 5.77. The zero-order chi connectivity index (χ0) is 15.0. The Balaban J connectivity index is 2.75. The number of fused-ring (bicyclic) bond motifs is 1. The molecule has 0 aromatic heterocycles. The highest BCUT2D eigenvalue weighted by Gasteiger charge is 2.61. The van der Waals surface area contributed by atoms with Crippen LogP contribution in [-0.4, -0.2) is 12.3 Å². The molecule has 4 nitrogen and oxygen atoms in total. The van der Waals surface area contributed by atoms with E-state index in [0.29, 0.717) is 0 Å². The average Bonchev–Trinajstić information content (AvgIpc) is 2.35. The van der Waals surface area contributed by atoms with Crippen molar-refractivity contribution in [2.24, 2.45) is 0 Å². The van der Waals surface area contributed by atoms with Crippen LogP contribution in [0.2, 0.25) is 0 Å². The van der Waals surface area contributed by atoms with Crippen LogP contribution in [0.25, 0.3) is 0 Å². The molecule has 0 fully saturated rings. The van der Waals surface area contributed by atoms with E-state index in [9.17, 15) is 18.0 Å². The number of hydrogen-bond acceptors (Lipinski definition) is 3. The molecule has 2 rings (SSSR count). The van der Waals surface area contributed by atoms with Gasteiger partial charge in [-0.25, -0.2) is 4.79 Å². The van der Waals surface area contributed by atoms with E-state index in [1.165, 1.54) is 12.1 Å². The molecule has 1 heterocycles. The van der Waals surface area contributed by atoms with Gasteiger partial charge in [0.05, 0.1) is 5.69 Å². The van der Waals surface area contributed by atoms with E-state index in [1.54, 1.807) is 6.92 Å². The normalized spacial score (nSPS) is 21.1. The van der Waals surface area contributed by atoms with Crippen molar-refractivity contribution in [3.63, 3.8) is 0 Å². The minimum absolute atomic E-state index is 0.0156. The summed E-state index contributed by atoms with van der Waals surface area (Å²) < 4.78 is 44.9. The van der Waals surface area contributed by atoms with Crippen LogP contribution >= 0.6 is 0 Å². The van der Waals surface area contributed by atoms with Gasteiger partial charge in [0.15, 0.2) is 0 Å². The topological polar surface area (TPSA) is 64.3 Å². The van der Waals surface area contributed by atoms with Gasteiger partial charge in [-0.3, -0.25) is 5.32 Å². The van der Waals surface area contributed by atoms with E-state index in [2.05, 4.69) is 16.0 Å². The summed E-state index contributed by atoms with van der Waals surface area (Å²) >= 11 is 0. The van der Waals surface area contributed by atoms with Crippen LogP contribution in [0.4, 0.5) is 29.3 Å². The number of alkyl halides is 3. The molecule has 1 aliphatic rings. The van der Waals surface area contributed by atoms with Gasteiger partial charge < -0.3 is 10.5 Å². The minimum atomic E-state index is -4.88. The Kier molecular flexibility index (Phi) is 3.26. The molecular weight excluding hydrogens is 273 g/mol. The number of anilines is 2. The molecule has 0 unspecified atom stereocenters. The van der Waals surface area contributed by atoms with E-state index in [4.69, 9.17) is 5.73 Å². The Morgan fingerprint density at radius 3 is 2.75 bits per heavy atom. The number of carbonyl (C=O) groups excluding carboxylic acids is 1. The van der Waals surface area contributed by atoms with Crippen molar-refractivity contribution in [2.75, 3.05) is 11.1 Å². The van der Waals surface area contributed by atoms with Gasteiger partial charge in [0.2, 0.25) is 0 Å². The number of amides is 1. The average molecular weight is 284 g/mol. The summed E-state index contributed by atoms with van der Waals surface area (Å²) in [6, 6.07) is 3.78. The lowest BCUT2D eigenvalue weighted by molar-refractivity contribution is -0.239. The smallest absolute Gasteiger partial charge is 0.415 e. The summed E-state index contributed by atoms with van der Waals surface area (Å²) in [6.45, 7) is 1.60. The third kappa shape index (κ3) is 2.13. The molecule has 1 aliphatic heterocycles. The lowest BCUT2D eigenvalue weighted by Gasteiger charge is -2.35. The van der Waals surface area contributed by atoms with Gasteiger partial charge in [0.25, 0.3) is 5.60 Å². The van der Waals surface area contributed by atoms with Gasteiger partial charge in [0.1, 0.15) is 0 Å². The first-order valence-corrected chi connectivity index (χ1v) is 5.77. The number of rotatable bonds is 0. The highest BCUT2D eigenvalue weighted by Crippen LogP contribution is 2.47. The molecule has 7 heteroatoms. The van der Waals surface area contributed by atoms with E-state index in [1.807, 2.05) is 5.92 Å². The van der Waals surface area contributed by atoms with Crippen LogP contribution in [-0.2, 0) is 10.3 Å². The number of carbonyl (C=O) groups is 1. The van der Waals surface area contributed by atoms with Crippen LogP contribution in [0.3, 0.4) is 0 Å². The molecule has 0 saturated heterocycles. The fraction of sp³-hybridized carbons (Fsp3) is 0.308. The maximum Gasteiger partial charge on any atom is 0.445 e. The standard InChI is InChI=1S/C13H11F3N2O2/c1-2-3-6-12(13(14,15)16)9-7-8(17)4-5-10(9)18-11(19)20-12/h4-5,7H,2,17H2,1H3,(H,18,19)/t12-/m0/s1. The van der Waals surface area contributed by atoms with Crippen molar-refractivity contribution in [1.29, 1.82) is 0 Å². The lowest BCUT2D eigenvalue weighted by Crippen LogP contribution is -2.49. The third-order valence-corrected chi connectivity index (χ3v) is 2.75. The van der Waals surface area contributed by atoms with Gasteiger partial charge in [-0.05, 0) is 24.1 Å². The van der Waals surface area contributed by atoms with E-state index >= 15 is 0 Å². The molecule has 0 spiro atoms. The summed E-state index contributed by atoms with van der Waals surface area (Å²) in [5, 5.41) is 2.21.